The van der Waals surface area contributed by atoms with Gasteiger partial charge in [0, 0.05) is 0 Å². The Bertz CT molecular complexity index is 891. The average molecular weight is 593 g/mol. The monoisotopic (exact) mass is 592 g/mol. The van der Waals surface area contributed by atoms with Crippen LogP contribution in [0.1, 0.15) is 157 Å². The van der Waals surface area contributed by atoms with Crippen LogP contribution in [0.3, 0.4) is 0 Å². The summed E-state index contributed by atoms with van der Waals surface area (Å²) in [7, 11) is -2.50. The van der Waals surface area contributed by atoms with Crippen LogP contribution in [0, 0.1) is 0 Å². The van der Waals surface area contributed by atoms with Gasteiger partial charge in [0.2, 0.25) is 0 Å². The molecule has 0 fully saturated rings. The molecule has 39 heavy (non-hydrogen) atoms. The Morgan fingerprint density at radius 1 is 0.436 bits per heavy atom. The van der Waals surface area contributed by atoms with E-state index >= 15 is 0 Å². The molecule has 0 aliphatic heterocycles. The maximum Gasteiger partial charge on any atom is 0.103 e. The van der Waals surface area contributed by atoms with Gasteiger partial charge in [-0.3, -0.25) is 0 Å². The van der Waals surface area contributed by atoms with Crippen LogP contribution in [0.4, 0.5) is 0 Å². The lowest BCUT2D eigenvalue weighted by atomic mass is 10.1. The molecule has 0 nitrogen and oxygen atoms in total. The van der Waals surface area contributed by atoms with Crippen molar-refractivity contribution in [3.8, 4) is 0 Å². The summed E-state index contributed by atoms with van der Waals surface area (Å²) in [6.07, 6.45) is 2.45. The normalized spacial score (nSPS) is 15.5. The first-order chi connectivity index (χ1) is 16.8. The molecule has 0 N–H and O–H groups in total. The summed E-state index contributed by atoms with van der Waals surface area (Å²) in [5.74, 6) is 0. The van der Waals surface area contributed by atoms with Gasteiger partial charge in [-0.05, 0) is 59.2 Å². The molecule has 0 heterocycles. The maximum absolute atomic E-state index is 2.77. The van der Waals surface area contributed by atoms with Crippen LogP contribution in [-0.2, 0) is 12.3 Å². The minimum atomic E-state index is -2.07. The quantitative estimate of drug-likeness (QED) is 0.236. The summed E-state index contributed by atoms with van der Waals surface area (Å²) in [6, 6.07) is 8.00. The fraction of sp³-hybridized carbons (Fsp3) is 0.833. The molecule has 0 atom stereocenters. The number of rotatable bonds is 5. The zero-order chi connectivity index (χ0) is 31.4. The van der Waals surface area contributed by atoms with E-state index in [0.29, 0.717) is 20.6 Å². The van der Waals surface area contributed by atoms with Crippen molar-refractivity contribution in [1.29, 1.82) is 0 Å². The first-order valence-corrected chi connectivity index (χ1v) is 20.5. The second-order valence-electron chi connectivity index (χ2n) is 19.3. The first-order valence-electron chi connectivity index (χ1n) is 15.5. The van der Waals surface area contributed by atoms with Crippen LogP contribution in [0.25, 0.3) is 0 Å². The number of hydrogen-bond acceptors (Lipinski definition) is 0. The fourth-order valence-electron chi connectivity index (χ4n) is 9.14. The summed E-state index contributed by atoms with van der Waals surface area (Å²) in [4.78, 5) is 0. The van der Waals surface area contributed by atoms with E-state index in [1.54, 1.807) is 16.3 Å². The van der Waals surface area contributed by atoms with Crippen LogP contribution in [-0.4, -0.2) is 28.7 Å². The largest absolute Gasteiger partial charge is 0.103 e. The van der Waals surface area contributed by atoms with Crippen LogP contribution < -0.4 is 5.19 Å². The predicted octanol–water partition coefficient (Wildman–Crippen LogP) is 12.9. The van der Waals surface area contributed by atoms with E-state index in [2.05, 4.69) is 164 Å². The SMILES string of the molecule is CC(C)(C)P(Cc1ccc([Si](C(C)(C)C)(C(C)(C)C)C(C)(C)C)cc1CP(C(C)(C)C)C(C)(C)C)C(C)(C)C. The minimum absolute atomic E-state index is 0.203. The third kappa shape index (κ3) is 8.23. The molecule has 0 radical (unpaired) electrons. The Kier molecular flexibility index (Phi) is 10.9. The summed E-state index contributed by atoms with van der Waals surface area (Å²) in [5.41, 5.74) is 3.30. The van der Waals surface area contributed by atoms with Crippen LogP contribution in [0.5, 0.6) is 0 Å². The van der Waals surface area contributed by atoms with Crippen LogP contribution >= 0.6 is 15.8 Å². The van der Waals surface area contributed by atoms with Crippen LogP contribution in [0.2, 0.25) is 15.1 Å². The van der Waals surface area contributed by atoms with Gasteiger partial charge in [-0.15, -0.1) is 0 Å². The van der Waals surface area contributed by atoms with E-state index in [1.165, 1.54) is 12.3 Å². The van der Waals surface area contributed by atoms with Gasteiger partial charge in [0.25, 0.3) is 0 Å². The Labute approximate surface area is 251 Å². The highest BCUT2D eigenvalue weighted by molar-refractivity contribution is 7.60. The average Bonchev–Trinajstić information content (AvgIpc) is 2.57. The highest BCUT2D eigenvalue weighted by Gasteiger charge is 2.60. The minimum Gasteiger partial charge on any atom is -0.0911 e. The molecule has 0 saturated carbocycles. The molecule has 0 bridgehead atoms. The molecule has 1 aromatic rings. The zero-order valence-corrected chi connectivity index (χ0v) is 33.3. The summed E-state index contributed by atoms with van der Waals surface area (Å²) < 4.78 is 0. The highest BCUT2D eigenvalue weighted by Crippen LogP contribution is 2.65. The van der Waals surface area contributed by atoms with Gasteiger partial charge in [-0.1, -0.05) is 185 Å². The van der Waals surface area contributed by atoms with Crippen molar-refractivity contribution in [2.24, 2.45) is 0 Å². The molecular weight excluding hydrogens is 522 g/mol. The Morgan fingerprint density at radius 3 is 0.974 bits per heavy atom. The third-order valence-corrected chi connectivity index (χ3v) is 24.6. The Morgan fingerprint density at radius 2 is 0.718 bits per heavy atom. The summed E-state index contributed by atoms with van der Waals surface area (Å²) in [6.45, 7) is 52.7. The maximum atomic E-state index is 2.77. The van der Waals surface area contributed by atoms with Crippen molar-refractivity contribution in [2.75, 3.05) is 0 Å². The number of benzene rings is 1. The van der Waals surface area contributed by atoms with Crippen LogP contribution in [0.15, 0.2) is 18.2 Å². The Balaban J connectivity index is 4.17. The smallest absolute Gasteiger partial charge is 0.0911 e. The topological polar surface area (TPSA) is 0 Å². The second kappa shape index (κ2) is 11.4. The highest BCUT2D eigenvalue weighted by atomic mass is 31.1. The standard InChI is InChI=1S/C36H70P2Si/c1-30(2,3)37(31(4,5)6)25-27-22-23-29(24-28(27)26-38(32(7,8)9)33(10,11)12)39(34(13,14)15,35(16,17)18)36(19,20)21/h22-24H,25-26H2,1-21H3. The van der Waals surface area contributed by atoms with Gasteiger partial charge < -0.3 is 0 Å². The lowest BCUT2D eigenvalue weighted by Crippen LogP contribution is -2.66. The van der Waals surface area contributed by atoms with Gasteiger partial charge in [-0.2, -0.15) is 0 Å². The summed E-state index contributed by atoms with van der Waals surface area (Å²) >= 11 is 0. The van der Waals surface area contributed by atoms with E-state index in [-0.39, 0.29) is 31.0 Å². The van der Waals surface area contributed by atoms with Crippen molar-refractivity contribution in [2.45, 2.75) is 193 Å². The Hall–Kier alpha value is 0.297. The molecule has 0 saturated heterocycles. The van der Waals surface area contributed by atoms with Crippen molar-refractivity contribution < 1.29 is 0 Å². The van der Waals surface area contributed by atoms with Gasteiger partial charge in [-0.25, -0.2) is 0 Å². The van der Waals surface area contributed by atoms with E-state index in [1.807, 2.05) is 0 Å². The molecule has 0 aliphatic rings. The molecule has 0 aromatic heterocycles. The lowest BCUT2D eigenvalue weighted by molar-refractivity contribution is 0.547. The van der Waals surface area contributed by atoms with Crippen molar-refractivity contribution in [3.05, 3.63) is 29.3 Å². The van der Waals surface area contributed by atoms with Crippen molar-refractivity contribution in [1.82, 2.24) is 0 Å². The molecule has 0 spiro atoms. The lowest BCUT2D eigenvalue weighted by Gasteiger charge is -2.60. The molecule has 0 aliphatic carbocycles. The van der Waals surface area contributed by atoms with E-state index < -0.39 is 8.07 Å². The van der Waals surface area contributed by atoms with E-state index in [9.17, 15) is 0 Å². The summed E-state index contributed by atoms with van der Waals surface area (Å²) in [5, 5.41) is 3.67. The third-order valence-electron chi connectivity index (χ3n) is 8.91. The van der Waals surface area contributed by atoms with Gasteiger partial charge in [0.05, 0.1) is 0 Å². The van der Waals surface area contributed by atoms with Crippen molar-refractivity contribution >= 4 is 29.1 Å². The fourth-order valence-corrected chi connectivity index (χ4v) is 26.4. The van der Waals surface area contributed by atoms with Gasteiger partial charge in [0.15, 0.2) is 0 Å². The second-order valence-corrected chi connectivity index (χ2v) is 33.6. The van der Waals surface area contributed by atoms with Gasteiger partial charge in [0.1, 0.15) is 8.07 Å². The molecule has 1 rings (SSSR count). The first kappa shape index (κ1) is 37.3. The van der Waals surface area contributed by atoms with Crippen molar-refractivity contribution in [3.63, 3.8) is 0 Å². The van der Waals surface area contributed by atoms with E-state index in [4.69, 9.17) is 0 Å². The molecule has 0 unspecified atom stereocenters. The molecule has 0 amide bonds. The predicted molar refractivity (Wildman–Crippen MR) is 191 cm³/mol. The van der Waals surface area contributed by atoms with Gasteiger partial charge >= 0.3 is 0 Å². The molecule has 3 heteroatoms. The van der Waals surface area contributed by atoms with E-state index in [0.717, 1.165) is 0 Å². The molecule has 1 aromatic carbocycles. The zero-order valence-electron chi connectivity index (χ0n) is 30.5. The molecule has 228 valence electrons. The molecular formula is C36H70P2Si. The number of hydrogen-bond donors (Lipinski definition) is 0.